The number of carbonyl (C=O) groups excluding carboxylic acids is 2. The molecule has 0 aliphatic carbocycles. The van der Waals surface area contributed by atoms with E-state index in [2.05, 4.69) is 20.4 Å². The Hall–Kier alpha value is -1.70. The number of anilines is 1. The Morgan fingerprint density at radius 2 is 1.93 bits per heavy atom. The molecule has 2 amide bonds. The number of hydrogen-bond donors (Lipinski definition) is 2. The standard InChI is InChI=1S/C20H30ClFN4O2/c1-14(19(28)23-17-7-6-15(22)12-16(17)21)26-9-5-8-25(10-11-26)13-18(27)24-20(2,3)4/h6-7,12,14H,5,8-11,13H2,1-4H3,(H,23,28)(H,24,27)/t14-/m1/s1. The van der Waals surface area contributed by atoms with Crippen molar-refractivity contribution >= 4 is 29.1 Å². The van der Waals surface area contributed by atoms with Gasteiger partial charge in [0.1, 0.15) is 5.82 Å². The van der Waals surface area contributed by atoms with Gasteiger partial charge in [-0.05, 0) is 58.9 Å². The molecule has 0 aromatic heterocycles. The first kappa shape index (κ1) is 22.6. The predicted molar refractivity (Wildman–Crippen MR) is 110 cm³/mol. The monoisotopic (exact) mass is 412 g/mol. The van der Waals surface area contributed by atoms with Gasteiger partial charge in [0.2, 0.25) is 11.8 Å². The maximum absolute atomic E-state index is 13.2. The molecule has 1 aromatic carbocycles. The first-order valence-electron chi connectivity index (χ1n) is 9.58. The summed E-state index contributed by atoms with van der Waals surface area (Å²) in [5, 5.41) is 5.92. The van der Waals surface area contributed by atoms with Crippen LogP contribution in [-0.2, 0) is 9.59 Å². The van der Waals surface area contributed by atoms with Crippen LogP contribution in [0.4, 0.5) is 10.1 Å². The highest BCUT2D eigenvalue weighted by Crippen LogP contribution is 2.23. The zero-order chi connectivity index (χ0) is 20.9. The molecule has 28 heavy (non-hydrogen) atoms. The summed E-state index contributed by atoms with van der Waals surface area (Å²) in [4.78, 5) is 29.0. The van der Waals surface area contributed by atoms with Gasteiger partial charge in [-0.3, -0.25) is 19.4 Å². The number of benzene rings is 1. The van der Waals surface area contributed by atoms with Crippen LogP contribution in [0.1, 0.15) is 34.1 Å². The minimum Gasteiger partial charge on any atom is -0.350 e. The third-order valence-electron chi connectivity index (χ3n) is 4.62. The molecule has 1 heterocycles. The van der Waals surface area contributed by atoms with Crippen LogP contribution >= 0.6 is 11.6 Å². The topological polar surface area (TPSA) is 64.7 Å². The molecule has 8 heteroatoms. The largest absolute Gasteiger partial charge is 0.350 e. The highest BCUT2D eigenvalue weighted by Gasteiger charge is 2.25. The fourth-order valence-corrected chi connectivity index (χ4v) is 3.41. The smallest absolute Gasteiger partial charge is 0.241 e. The van der Waals surface area contributed by atoms with E-state index < -0.39 is 5.82 Å². The van der Waals surface area contributed by atoms with Crippen LogP contribution in [0.2, 0.25) is 5.02 Å². The molecule has 1 aliphatic rings. The zero-order valence-corrected chi connectivity index (χ0v) is 17.8. The fraction of sp³-hybridized carbons (Fsp3) is 0.600. The van der Waals surface area contributed by atoms with E-state index in [4.69, 9.17) is 11.6 Å². The lowest BCUT2D eigenvalue weighted by molar-refractivity contribution is -0.124. The summed E-state index contributed by atoms with van der Waals surface area (Å²) in [5.41, 5.74) is 0.152. The van der Waals surface area contributed by atoms with Gasteiger partial charge in [-0.1, -0.05) is 11.6 Å². The molecule has 2 N–H and O–H groups in total. The van der Waals surface area contributed by atoms with Gasteiger partial charge in [-0.25, -0.2) is 4.39 Å². The van der Waals surface area contributed by atoms with E-state index in [1.807, 2.05) is 27.7 Å². The molecule has 1 aliphatic heterocycles. The molecule has 1 aromatic rings. The molecule has 6 nitrogen and oxygen atoms in total. The van der Waals surface area contributed by atoms with Crippen molar-refractivity contribution in [3.63, 3.8) is 0 Å². The highest BCUT2D eigenvalue weighted by atomic mass is 35.5. The second-order valence-corrected chi connectivity index (χ2v) is 8.66. The number of carbonyl (C=O) groups is 2. The molecule has 0 bridgehead atoms. The fourth-order valence-electron chi connectivity index (χ4n) is 3.19. The Labute approximate surface area is 171 Å². The average molecular weight is 413 g/mol. The third-order valence-corrected chi connectivity index (χ3v) is 4.93. The van der Waals surface area contributed by atoms with Gasteiger partial charge in [-0.15, -0.1) is 0 Å². The molecule has 1 fully saturated rings. The van der Waals surface area contributed by atoms with Gasteiger partial charge >= 0.3 is 0 Å². The summed E-state index contributed by atoms with van der Waals surface area (Å²) in [6.07, 6.45) is 0.873. The van der Waals surface area contributed by atoms with Crippen LogP contribution in [0.5, 0.6) is 0 Å². The van der Waals surface area contributed by atoms with E-state index in [0.29, 0.717) is 25.3 Å². The second-order valence-electron chi connectivity index (χ2n) is 8.25. The van der Waals surface area contributed by atoms with Crippen molar-refractivity contribution in [2.24, 2.45) is 0 Å². The Morgan fingerprint density at radius 1 is 1.21 bits per heavy atom. The number of nitrogens with one attached hydrogen (secondary N) is 2. The summed E-state index contributed by atoms with van der Waals surface area (Å²) < 4.78 is 13.2. The lowest BCUT2D eigenvalue weighted by atomic mass is 10.1. The molecule has 1 saturated heterocycles. The number of rotatable bonds is 5. The van der Waals surface area contributed by atoms with Crippen LogP contribution in [0.25, 0.3) is 0 Å². The van der Waals surface area contributed by atoms with Crippen LogP contribution < -0.4 is 10.6 Å². The summed E-state index contributed by atoms with van der Waals surface area (Å²) in [7, 11) is 0. The third kappa shape index (κ3) is 7.04. The van der Waals surface area contributed by atoms with Gasteiger partial charge in [0.25, 0.3) is 0 Å². The van der Waals surface area contributed by atoms with E-state index in [1.54, 1.807) is 0 Å². The van der Waals surface area contributed by atoms with Gasteiger partial charge in [0, 0.05) is 25.2 Å². The number of amides is 2. The van der Waals surface area contributed by atoms with E-state index in [9.17, 15) is 14.0 Å². The number of hydrogen-bond acceptors (Lipinski definition) is 4. The molecule has 1 atom stereocenters. The SMILES string of the molecule is C[C@H](C(=O)Nc1ccc(F)cc1Cl)N1CCCN(CC(=O)NC(C)(C)C)CC1. The van der Waals surface area contributed by atoms with Crippen LogP contribution in [0.15, 0.2) is 18.2 Å². The Bertz CT molecular complexity index is 708. The summed E-state index contributed by atoms with van der Waals surface area (Å²) in [6, 6.07) is 3.54. The van der Waals surface area contributed by atoms with Crippen LogP contribution in [0, 0.1) is 5.82 Å². The molecule has 0 spiro atoms. The van der Waals surface area contributed by atoms with Crippen molar-refractivity contribution in [3.8, 4) is 0 Å². The van der Waals surface area contributed by atoms with Crippen LogP contribution in [-0.4, -0.2) is 65.9 Å². The van der Waals surface area contributed by atoms with Crippen molar-refractivity contribution < 1.29 is 14.0 Å². The van der Waals surface area contributed by atoms with Crippen molar-refractivity contribution in [2.45, 2.75) is 45.7 Å². The molecular weight excluding hydrogens is 383 g/mol. The van der Waals surface area contributed by atoms with Gasteiger partial charge in [0.05, 0.1) is 23.3 Å². The quantitative estimate of drug-likeness (QED) is 0.780. The van der Waals surface area contributed by atoms with Crippen molar-refractivity contribution in [2.75, 3.05) is 38.0 Å². The maximum Gasteiger partial charge on any atom is 0.241 e. The van der Waals surface area contributed by atoms with E-state index in [-0.39, 0.29) is 28.4 Å². The minimum atomic E-state index is -0.445. The minimum absolute atomic E-state index is 0.0118. The van der Waals surface area contributed by atoms with Crippen molar-refractivity contribution in [3.05, 3.63) is 29.0 Å². The Morgan fingerprint density at radius 3 is 2.57 bits per heavy atom. The lowest BCUT2D eigenvalue weighted by Crippen LogP contribution is -2.47. The lowest BCUT2D eigenvalue weighted by Gasteiger charge is -2.27. The summed E-state index contributed by atoms with van der Waals surface area (Å²) in [5.74, 6) is -0.621. The molecule has 2 rings (SSSR count). The van der Waals surface area contributed by atoms with Crippen molar-refractivity contribution in [1.82, 2.24) is 15.1 Å². The predicted octanol–water partition coefficient (Wildman–Crippen LogP) is 2.73. The first-order chi connectivity index (χ1) is 13.0. The Balaban J connectivity index is 1.88. The second kappa shape index (κ2) is 9.67. The molecular formula is C20H30ClFN4O2. The average Bonchev–Trinajstić information content (AvgIpc) is 2.80. The summed E-state index contributed by atoms with van der Waals surface area (Å²) in [6.45, 7) is 11.1. The van der Waals surface area contributed by atoms with E-state index in [1.165, 1.54) is 18.2 Å². The van der Waals surface area contributed by atoms with Gasteiger partial charge in [-0.2, -0.15) is 0 Å². The first-order valence-corrected chi connectivity index (χ1v) is 9.96. The van der Waals surface area contributed by atoms with Crippen molar-refractivity contribution in [1.29, 1.82) is 0 Å². The molecule has 156 valence electrons. The number of nitrogens with zero attached hydrogens (tertiary/aromatic N) is 2. The molecule has 0 radical (unpaired) electrons. The van der Waals surface area contributed by atoms with E-state index >= 15 is 0 Å². The van der Waals surface area contributed by atoms with E-state index in [0.717, 1.165) is 19.5 Å². The van der Waals surface area contributed by atoms with Gasteiger partial charge in [0.15, 0.2) is 0 Å². The number of halogens is 2. The molecule has 0 saturated carbocycles. The summed E-state index contributed by atoms with van der Waals surface area (Å²) >= 11 is 5.99. The van der Waals surface area contributed by atoms with Crippen LogP contribution in [0.3, 0.4) is 0 Å². The van der Waals surface area contributed by atoms with Gasteiger partial charge < -0.3 is 10.6 Å². The maximum atomic E-state index is 13.2. The molecule has 0 unspecified atom stereocenters. The Kier molecular flexibility index (Phi) is 7.80. The zero-order valence-electron chi connectivity index (χ0n) is 17.0. The normalized spacial score (nSPS) is 17.6. The highest BCUT2D eigenvalue weighted by molar-refractivity contribution is 6.33.